The summed E-state index contributed by atoms with van der Waals surface area (Å²) < 4.78 is 5.69. The highest BCUT2D eigenvalue weighted by atomic mass is 35.5. The molecule has 0 fully saturated rings. The van der Waals surface area contributed by atoms with E-state index in [0.717, 1.165) is 0 Å². The van der Waals surface area contributed by atoms with Crippen molar-refractivity contribution in [2.75, 3.05) is 18.5 Å². The molecule has 0 spiro atoms. The standard InChI is InChI=1S/C19H16Cl2N2O3/c1-22-19(25)16-11-23(14-7-2-3-8-15(14)26-16)17(24)10-9-12-5-4-6-13(20)18(12)21/h2-10,16H,11H2,1H3,(H,22,25)/b10-9+/t16-/m1/s1. The molecule has 134 valence electrons. The number of carbonyl (C=O) groups is 2. The number of nitrogens with zero attached hydrogens (tertiary/aromatic N) is 1. The molecule has 0 aliphatic carbocycles. The zero-order valence-corrected chi connectivity index (χ0v) is 15.4. The minimum atomic E-state index is -0.776. The number of para-hydroxylation sites is 2. The Morgan fingerprint density at radius 3 is 2.73 bits per heavy atom. The normalized spacial score (nSPS) is 16.1. The van der Waals surface area contributed by atoms with Gasteiger partial charge in [-0.15, -0.1) is 0 Å². The Morgan fingerprint density at radius 1 is 1.19 bits per heavy atom. The molecule has 0 unspecified atom stereocenters. The maximum atomic E-state index is 12.8. The second-order valence-corrected chi connectivity index (χ2v) is 6.40. The van der Waals surface area contributed by atoms with E-state index < -0.39 is 6.10 Å². The third-order valence-electron chi connectivity index (χ3n) is 3.97. The van der Waals surface area contributed by atoms with Gasteiger partial charge in [-0.25, -0.2) is 0 Å². The molecule has 1 N–H and O–H groups in total. The zero-order chi connectivity index (χ0) is 18.7. The van der Waals surface area contributed by atoms with Crippen LogP contribution in [0.2, 0.25) is 10.0 Å². The molecule has 1 heterocycles. The lowest BCUT2D eigenvalue weighted by Crippen LogP contribution is -2.49. The molecule has 5 nitrogen and oxygen atoms in total. The van der Waals surface area contributed by atoms with Crippen LogP contribution >= 0.6 is 23.2 Å². The summed E-state index contributed by atoms with van der Waals surface area (Å²) >= 11 is 12.1. The molecule has 0 bridgehead atoms. The van der Waals surface area contributed by atoms with E-state index in [-0.39, 0.29) is 18.4 Å². The number of ether oxygens (including phenoxy) is 1. The van der Waals surface area contributed by atoms with Crippen molar-refractivity contribution in [3.63, 3.8) is 0 Å². The van der Waals surface area contributed by atoms with Crippen LogP contribution in [0.1, 0.15) is 5.56 Å². The summed E-state index contributed by atoms with van der Waals surface area (Å²) in [5.41, 5.74) is 1.25. The van der Waals surface area contributed by atoms with Gasteiger partial charge >= 0.3 is 0 Å². The van der Waals surface area contributed by atoms with E-state index in [4.69, 9.17) is 27.9 Å². The second-order valence-electron chi connectivity index (χ2n) is 5.61. The molecule has 7 heteroatoms. The summed E-state index contributed by atoms with van der Waals surface area (Å²) in [6.07, 6.45) is 2.23. The van der Waals surface area contributed by atoms with Gasteiger partial charge in [0.1, 0.15) is 5.75 Å². The van der Waals surface area contributed by atoms with Gasteiger partial charge in [-0.1, -0.05) is 47.5 Å². The molecule has 0 saturated heterocycles. The number of nitrogens with one attached hydrogen (secondary N) is 1. The maximum Gasteiger partial charge on any atom is 0.262 e. The van der Waals surface area contributed by atoms with E-state index in [1.54, 1.807) is 48.5 Å². The monoisotopic (exact) mass is 390 g/mol. The first-order chi connectivity index (χ1) is 12.5. The quantitative estimate of drug-likeness (QED) is 0.815. The molecule has 2 aromatic rings. The first-order valence-corrected chi connectivity index (χ1v) is 8.67. The Morgan fingerprint density at radius 2 is 1.96 bits per heavy atom. The lowest BCUT2D eigenvalue weighted by Gasteiger charge is -2.33. The largest absolute Gasteiger partial charge is 0.477 e. The molecule has 26 heavy (non-hydrogen) atoms. The van der Waals surface area contributed by atoms with E-state index >= 15 is 0 Å². The highest BCUT2D eigenvalue weighted by molar-refractivity contribution is 6.42. The van der Waals surface area contributed by atoms with Crippen molar-refractivity contribution >= 4 is 46.8 Å². The number of halogens is 2. The molecule has 1 aliphatic rings. The van der Waals surface area contributed by atoms with Crippen LogP contribution in [0.4, 0.5) is 5.69 Å². The molecule has 0 radical (unpaired) electrons. The average molecular weight is 391 g/mol. The van der Waals surface area contributed by atoms with E-state index in [0.29, 0.717) is 27.0 Å². The Kier molecular flexibility index (Phi) is 5.49. The minimum Gasteiger partial charge on any atom is -0.477 e. The van der Waals surface area contributed by atoms with Crippen molar-refractivity contribution in [3.05, 3.63) is 64.1 Å². The molecule has 0 saturated carbocycles. The summed E-state index contributed by atoms with van der Waals surface area (Å²) in [5, 5.41) is 3.34. The number of hydrogen-bond donors (Lipinski definition) is 1. The highest BCUT2D eigenvalue weighted by Crippen LogP contribution is 2.33. The van der Waals surface area contributed by atoms with Crippen molar-refractivity contribution in [1.82, 2.24) is 5.32 Å². The number of hydrogen-bond acceptors (Lipinski definition) is 3. The molecular formula is C19H16Cl2N2O3. The van der Waals surface area contributed by atoms with Crippen molar-refractivity contribution in [3.8, 4) is 5.75 Å². The molecule has 3 rings (SSSR count). The molecular weight excluding hydrogens is 375 g/mol. The van der Waals surface area contributed by atoms with E-state index in [1.807, 2.05) is 0 Å². The van der Waals surface area contributed by atoms with E-state index in [2.05, 4.69) is 5.32 Å². The van der Waals surface area contributed by atoms with Gasteiger partial charge in [-0.3, -0.25) is 9.59 Å². The zero-order valence-electron chi connectivity index (χ0n) is 13.9. The average Bonchev–Trinajstić information content (AvgIpc) is 2.67. The number of benzene rings is 2. The number of amides is 2. The fourth-order valence-electron chi connectivity index (χ4n) is 2.64. The topological polar surface area (TPSA) is 58.6 Å². The van der Waals surface area contributed by atoms with Crippen molar-refractivity contribution in [1.29, 1.82) is 0 Å². The summed E-state index contributed by atoms with van der Waals surface area (Å²) in [6, 6.07) is 12.3. The van der Waals surface area contributed by atoms with Crippen LogP contribution in [0, 0.1) is 0 Å². The lowest BCUT2D eigenvalue weighted by molar-refractivity contribution is -0.127. The van der Waals surface area contributed by atoms with Crippen molar-refractivity contribution < 1.29 is 14.3 Å². The third kappa shape index (κ3) is 3.69. The molecule has 1 aliphatic heterocycles. The van der Waals surface area contributed by atoms with Crippen LogP contribution in [0.15, 0.2) is 48.5 Å². The van der Waals surface area contributed by atoms with Gasteiger partial charge in [0.05, 0.1) is 22.3 Å². The van der Waals surface area contributed by atoms with Crippen LogP contribution in [-0.4, -0.2) is 31.5 Å². The number of likely N-dealkylation sites (N-methyl/N-ethyl adjacent to an activating group) is 1. The van der Waals surface area contributed by atoms with Crippen molar-refractivity contribution in [2.45, 2.75) is 6.10 Å². The number of fused-ring (bicyclic) bond motifs is 1. The van der Waals surface area contributed by atoms with Gasteiger partial charge in [0.25, 0.3) is 11.8 Å². The number of carbonyl (C=O) groups excluding carboxylic acids is 2. The molecule has 1 atom stereocenters. The molecule has 2 aromatic carbocycles. The second kappa shape index (κ2) is 7.81. The Labute approximate surface area is 161 Å². The first kappa shape index (κ1) is 18.3. The summed E-state index contributed by atoms with van der Waals surface area (Å²) in [5.74, 6) is -0.0975. The summed E-state index contributed by atoms with van der Waals surface area (Å²) in [6.45, 7) is 0.114. The van der Waals surface area contributed by atoms with Gasteiger partial charge in [0.15, 0.2) is 6.10 Å². The number of rotatable bonds is 3. The van der Waals surface area contributed by atoms with Gasteiger partial charge in [-0.2, -0.15) is 0 Å². The van der Waals surface area contributed by atoms with Gasteiger partial charge in [0, 0.05) is 13.1 Å². The van der Waals surface area contributed by atoms with Gasteiger partial charge in [0.2, 0.25) is 0 Å². The van der Waals surface area contributed by atoms with Gasteiger partial charge in [-0.05, 0) is 29.8 Å². The Balaban J connectivity index is 1.89. The van der Waals surface area contributed by atoms with Gasteiger partial charge < -0.3 is 15.0 Å². The SMILES string of the molecule is CNC(=O)[C@H]1CN(C(=O)/C=C/c2cccc(Cl)c2Cl)c2ccccc2O1. The highest BCUT2D eigenvalue weighted by Gasteiger charge is 2.32. The molecule has 0 aromatic heterocycles. The fraction of sp³-hybridized carbons (Fsp3) is 0.158. The van der Waals surface area contributed by atoms with Crippen molar-refractivity contribution in [2.24, 2.45) is 0 Å². The third-order valence-corrected chi connectivity index (χ3v) is 4.80. The van der Waals surface area contributed by atoms with Crippen LogP contribution in [0.5, 0.6) is 5.75 Å². The Hall–Kier alpha value is -2.50. The Bertz CT molecular complexity index is 883. The predicted octanol–water partition coefficient (Wildman–Crippen LogP) is 3.55. The lowest BCUT2D eigenvalue weighted by atomic mass is 10.1. The fourth-order valence-corrected chi connectivity index (χ4v) is 3.01. The van der Waals surface area contributed by atoms with Crippen LogP contribution < -0.4 is 15.0 Å². The minimum absolute atomic E-state index is 0.114. The first-order valence-electron chi connectivity index (χ1n) is 7.92. The summed E-state index contributed by atoms with van der Waals surface area (Å²) in [7, 11) is 1.53. The van der Waals surface area contributed by atoms with Crippen LogP contribution in [-0.2, 0) is 9.59 Å². The smallest absolute Gasteiger partial charge is 0.262 e. The van der Waals surface area contributed by atoms with Crippen LogP contribution in [0.25, 0.3) is 6.08 Å². The van der Waals surface area contributed by atoms with E-state index in [9.17, 15) is 9.59 Å². The maximum absolute atomic E-state index is 12.8. The molecule has 2 amide bonds. The summed E-state index contributed by atoms with van der Waals surface area (Å²) in [4.78, 5) is 26.3. The predicted molar refractivity (Wildman–Crippen MR) is 103 cm³/mol. The van der Waals surface area contributed by atoms with Crippen LogP contribution in [0.3, 0.4) is 0 Å². The van der Waals surface area contributed by atoms with E-state index in [1.165, 1.54) is 18.0 Å². The number of anilines is 1.